The first-order chi connectivity index (χ1) is 22.0. The van der Waals surface area contributed by atoms with Crippen molar-refractivity contribution in [2.75, 3.05) is 51.4 Å². The monoisotopic (exact) mass is 643 g/mol. The van der Waals surface area contributed by atoms with Gasteiger partial charge in [-0.2, -0.15) is 0 Å². The van der Waals surface area contributed by atoms with Crippen LogP contribution in [0.2, 0.25) is 0 Å². The molecule has 10 nitrogen and oxygen atoms in total. The number of carbonyl (C=O) groups excluding carboxylic acids is 2. The number of benzene rings is 3. The lowest BCUT2D eigenvalue weighted by Crippen LogP contribution is -2.42. The summed E-state index contributed by atoms with van der Waals surface area (Å²) in [6, 6.07) is 19.5. The van der Waals surface area contributed by atoms with Gasteiger partial charge in [-0.05, 0) is 79.9 Å². The summed E-state index contributed by atoms with van der Waals surface area (Å²) < 4.78 is 16.8. The minimum absolute atomic E-state index is 0.0144. The van der Waals surface area contributed by atoms with E-state index in [2.05, 4.69) is 15.3 Å². The van der Waals surface area contributed by atoms with Crippen LogP contribution in [0.4, 0.5) is 11.4 Å². The molecule has 3 aromatic carbocycles. The predicted octanol–water partition coefficient (Wildman–Crippen LogP) is 5.99. The minimum atomic E-state index is -1.07. The average Bonchev–Trinajstić information content (AvgIpc) is 3.03. The van der Waals surface area contributed by atoms with E-state index in [1.807, 2.05) is 94.4 Å². The first-order valence-corrected chi connectivity index (χ1v) is 15.7. The van der Waals surface area contributed by atoms with Crippen LogP contribution in [0.25, 0.3) is 0 Å². The summed E-state index contributed by atoms with van der Waals surface area (Å²) in [6.45, 7) is 5.94. The second-order valence-corrected chi connectivity index (χ2v) is 11.9. The van der Waals surface area contributed by atoms with Crippen LogP contribution in [0.15, 0.2) is 71.9 Å². The number of anilines is 2. The van der Waals surface area contributed by atoms with Crippen molar-refractivity contribution in [1.29, 1.82) is 0 Å². The van der Waals surface area contributed by atoms with E-state index in [0.29, 0.717) is 33.7 Å². The summed E-state index contributed by atoms with van der Waals surface area (Å²) in [5, 5.41) is 3.54. The summed E-state index contributed by atoms with van der Waals surface area (Å²) >= 11 is 1.23. The number of aromatic nitrogens is 2. The van der Waals surface area contributed by atoms with Gasteiger partial charge in [-0.15, -0.1) is 0 Å². The lowest BCUT2D eigenvalue weighted by molar-refractivity contribution is -0.137. The van der Waals surface area contributed by atoms with Crippen LogP contribution in [0.5, 0.6) is 17.2 Å². The maximum Gasteiger partial charge on any atom is 0.251 e. The van der Waals surface area contributed by atoms with Gasteiger partial charge in [0.1, 0.15) is 6.04 Å². The van der Waals surface area contributed by atoms with E-state index >= 15 is 0 Å². The van der Waals surface area contributed by atoms with Crippen molar-refractivity contribution in [3.8, 4) is 17.2 Å². The SMILES string of the molecule is COc1cc(C(C(=O)Nc2ccc(N(C)C)cc2)N(Cc2ccccc2C)C(=O)CSc2nc(C)cc(C)n2)cc(OC)c1OC. The quantitative estimate of drug-likeness (QED) is 0.139. The van der Waals surface area contributed by atoms with Crippen molar-refractivity contribution in [2.45, 2.75) is 38.5 Å². The molecule has 11 heteroatoms. The number of nitrogens with one attached hydrogen (secondary N) is 1. The number of nitrogens with zero attached hydrogens (tertiary/aromatic N) is 4. The summed E-state index contributed by atoms with van der Waals surface area (Å²) in [4.78, 5) is 41.3. The summed E-state index contributed by atoms with van der Waals surface area (Å²) in [7, 11) is 8.44. The lowest BCUT2D eigenvalue weighted by atomic mass is 10.0. The molecule has 0 aliphatic rings. The smallest absolute Gasteiger partial charge is 0.251 e. The highest BCUT2D eigenvalue weighted by molar-refractivity contribution is 7.99. The normalized spacial score (nSPS) is 11.4. The van der Waals surface area contributed by atoms with Crippen molar-refractivity contribution in [3.63, 3.8) is 0 Å². The minimum Gasteiger partial charge on any atom is -0.493 e. The molecule has 1 heterocycles. The molecule has 0 fully saturated rings. The number of ether oxygens (including phenoxy) is 3. The van der Waals surface area contributed by atoms with Crippen molar-refractivity contribution in [3.05, 3.63) is 94.8 Å². The van der Waals surface area contributed by atoms with Gasteiger partial charge < -0.3 is 29.3 Å². The molecule has 0 radical (unpaired) electrons. The van der Waals surface area contributed by atoms with E-state index in [0.717, 1.165) is 28.2 Å². The molecule has 4 aromatic rings. The van der Waals surface area contributed by atoms with Gasteiger partial charge in [0.15, 0.2) is 16.7 Å². The van der Waals surface area contributed by atoms with Gasteiger partial charge in [0.2, 0.25) is 11.7 Å². The second kappa shape index (κ2) is 15.5. The first-order valence-electron chi connectivity index (χ1n) is 14.7. The maximum atomic E-state index is 14.4. The van der Waals surface area contributed by atoms with Gasteiger partial charge in [-0.1, -0.05) is 36.0 Å². The van der Waals surface area contributed by atoms with Gasteiger partial charge >= 0.3 is 0 Å². The number of thioether (sulfide) groups is 1. The maximum absolute atomic E-state index is 14.4. The predicted molar refractivity (Wildman–Crippen MR) is 182 cm³/mol. The lowest BCUT2D eigenvalue weighted by Gasteiger charge is -2.32. The van der Waals surface area contributed by atoms with Gasteiger partial charge in [0.25, 0.3) is 5.91 Å². The van der Waals surface area contributed by atoms with Gasteiger partial charge in [0.05, 0.1) is 27.1 Å². The van der Waals surface area contributed by atoms with Gasteiger partial charge in [-0.25, -0.2) is 9.97 Å². The number of aryl methyl sites for hydroxylation is 3. The van der Waals surface area contributed by atoms with E-state index in [9.17, 15) is 9.59 Å². The molecule has 0 saturated carbocycles. The van der Waals surface area contributed by atoms with Crippen molar-refractivity contribution in [1.82, 2.24) is 14.9 Å². The Labute approximate surface area is 275 Å². The van der Waals surface area contributed by atoms with Gasteiger partial charge in [0, 0.05) is 43.4 Å². The Bertz CT molecular complexity index is 1630. The third-order valence-corrected chi connectivity index (χ3v) is 8.25. The number of amides is 2. The molecule has 242 valence electrons. The Morgan fingerprint density at radius 1 is 0.848 bits per heavy atom. The molecule has 46 heavy (non-hydrogen) atoms. The molecule has 0 saturated heterocycles. The number of hydrogen-bond acceptors (Lipinski definition) is 9. The highest BCUT2D eigenvalue weighted by atomic mass is 32.2. The van der Waals surface area contributed by atoms with Crippen molar-refractivity contribution in [2.24, 2.45) is 0 Å². The zero-order chi connectivity index (χ0) is 33.4. The molecular weight excluding hydrogens is 602 g/mol. The molecule has 1 atom stereocenters. The Balaban J connectivity index is 1.82. The highest BCUT2D eigenvalue weighted by Crippen LogP contribution is 2.41. The average molecular weight is 644 g/mol. The Morgan fingerprint density at radius 2 is 1.46 bits per heavy atom. The van der Waals surface area contributed by atoms with Crippen LogP contribution in [-0.4, -0.2) is 67.9 Å². The number of methoxy groups -OCH3 is 3. The summed E-state index contributed by atoms with van der Waals surface area (Å²) in [5.41, 5.74) is 5.60. The molecule has 1 aromatic heterocycles. The molecular formula is C35H41N5O5S. The van der Waals surface area contributed by atoms with Crippen LogP contribution < -0.4 is 24.4 Å². The van der Waals surface area contributed by atoms with Crippen LogP contribution in [0, 0.1) is 20.8 Å². The largest absolute Gasteiger partial charge is 0.493 e. The Hall–Kier alpha value is -4.77. The van der Waals surface area contributed by atoms with Gasteiger partial charge in [-0.3, -0.25) is 9.59 Å². The molecule has 0 spiro atoms. The fraction of sp³-hybridized carbons (Fsp3) is 0.314. The highest BCUT2D eigenvalue weighted by Gasteiger charge is 2.34. The van der Waals surface area contributed by atoms with E-state index in [4.69, 9.17) is 14.2 Å². The van der Waals surface area contributed by atoms with Crippen LogP contribution in [0.3, 0.4) is 0 Å². The zero-order valence-corrected chi connectivity index (χ0v) is 28.4. The molecule has 0 bridgehead atoms. The Kier molecular flexibility index (Phi) is 11.5. The second-order valence-electron chi connectivity index (χ2n) is 11.0. The van der Waals surface area contributed by atoms with Crippen LogP contribution in [0.1, 0.15) is 34.1 Å². The topological polar surface area (TPSA) is 106 Å². The van der Waals surface area contributed by atoms with E-state index in [-0.39, 0.29) is 18.2 Å². The molecule has 1 N–H and O–H groups in total. The third kappa shape index (κ3) is 8.28. The fourth-order valence-electron chi connectivity index (χ4n) is 5.05. The molecule has 4 rings (SSSR count). The molecule has 0 aliphatic heterocycles. The number of rotatable bonds is 13. The first kappa shape index (κ1) is 34.1. The number of hydrogen-bond donors (Lipinski definition) is 1. The number of carbonyl (C=O) groups is 2. The van der Waals surface area contributed by atoms with Crippen LogP contribution in [-0.2, 0) is 16.1 Å². The molecule has 1 unspecified atom stereocenters. The van der Waals surface area contributed by atoms with Crippen molar-refractivity contribution >= 4 is 35.0 Å². The standard InChI is InChI=1S/C35H41N5O5S/c1-22-11-9-10-12-25(22)20-40(31(41)21-46-35-36-23(2)17-24(3)37-35)32(26-18-29(43-6)33(45-8)30(19-26)44-7)34(42)38-27-13-15-28(16-14-27)39(4)5/h9-19,32H,20-21H2,1-8H3,(H,38,42). The zero-order valence-electron chi connectivity index (χ0n) is 27.6. The third-order valence-electron chi connectivity index (χ3n) is 7.42. The molecule has 0 aliphatic carbocycles. The van der Waals surface area contributed by atoms with E-state index in [1.165, 1.54) is 33.1 Å². The van der Waals surface area contributed by atoms with Crippen molar-refractivity contribution < 1.29 is 23.8 Å². The summed E-state index contributed by atoms with van der Waals surface area (Å²) in [6.07, 6.45) is 0. The fourth-order valence-corrected chi connectivity index (χ4v) is 5.88. The van der Waals surface area contributed by atoms with Crippen LogP contribution >= 0.6 is 11.8 Å². The summed E-state index contributed by atoms with van der Waals surface area (Å²) in [5.74, 6) is 0.457. The van der Waals surface area contributed by atoms with E-state index in [1.54, 1.807) is 17.0 Å². The Morgan fingerprint density at radius 3 is 2.00 bits per heavy atom. The molecule has 2 amide bonds. The van der Waals surface area contributed by atoms with E-state index < -0.39 is 11.9 Å².